The zero-order valence-electron chi connectivity index (χ0n) is 12.2. The van der Waals surface area contributed by atoms with Gasteiger partial charge in [0, 0.05) is 4.91 Å². The first-order valence-electron chi connectivity index (χ1n) is 6.73. The Kier molecular flexibility index (Phi) is 3.70. The van der Waals surface area contributed by atoms with Crippen LogP contribution < -0.4 is 0 Å². The summed E-state index contributed by atoms with van der Waals surface area (Å²) in [7, 11) is -1.98. The highest BCUT2D eigenvalue weighted by Crippen LogP contribution is 2.44. The van der Waals surface area contributed by atoms with E-state index in [1.54, 1.807) is 0 Å². The number of hydrogen-bond acceptors (Lipinski definition) is 4. The van der Waals surface area contributed by atoms with Crippen LogP contribution in [0.5, 0.6) is 0 Å². The van der Waals surface area contributed by atoms with Crippen molar-refractivity contribution in [1.29, 1.82) is 0 Å². The average molecular weight is 285 g/mol. The minimum Gasteiger partial charge on any atom is -0.409 e. The largest absolute Gasteiger partial charge is 0.409 e. The Morgan fingerprint density at radius 2 is 2.05 bits per heavy atom. The van der Waals surface area contributed by atoms with E-state index in [4.69, 9.17) is 14.7 Å². The normalized spacial score (nSPS) is 38.3. The molecule has 2 aliphatic rings. The van der Waals surface area contributed by atoms with E-state index in [-0.39, 0.29) is 23.4 Å². The number of nitrogens with zero attached hydrogens (tertiary/aromatic N) is 3. The van der Waals surface area contributed by atoms with Crippen LogP contribution in [0.25, 0.3) is 10.4 Å². The maximum absolute atomic E-state index is 10.3. The highest BCUT2D eigenvalue weighted by atomic mass is 28.4. The summed E-state index contributed by atoms with van der Waals surface area (Å²) < 4.78 is 11.8. The van der Waals surface area contributed by atoms with Gasteiger partial charge in [-0.3, -0.25) is 0 Å². The minimum absolute atomic E-state index is 0.0331. The second kappa shape index (κ2) is 4.75. The van der Waals surface area contributed by atoms with Crippen LogP contribution in [0.4, 0.5) is 0 Å². The molecule has 0 aromatic heterocycles. The molecule has 0 radical (unpaired) electrons. The van der Waals surface area contributed by atoms with Crippen molar-refractivity contribution in [3.8, 4) is 0 Å². The number of ether oxygens (including phenoxy) is 1. The standard InChI is InChI=1S/C12H23N3O3Si/c1-12(2,3)19(4,5)18-11-9(16)7(14-15-13)6-8-10(11)17-8/h7-11,16H,6H2,1-5H3/t7-,8-,9+,10-,11-/m1/s1. The quantitative estimate of drug-likeness (QED) is 0.284. The van der Waals surface area contributed by atoms with Crippen molar-refractivity contribution in [3.05, 3.63) is 10.4 Å². The lowest BCUT2D eigenvalue weighted by Crippen LogP contribution is -2.53. The monoisotopic (exact) mass is 285 g/mol. The third kappa shape index (κ3) is 2.80. The number of hydrogen-bond donors (Lipinski definition) is 1. The molecule has 19 heavy (non-hydrogen) atoms. The Bertz CT molecular complexity index is 404. The van der Waals surface area contributed by atoms with Crippen molar-refractivity contribution in [2.75, 3.05) is 0 Å². The van der Waals surface area contributed by atoms with Crippen molar-refractivity contribution in [2.45, 2.75) is 75.8 Å². The summed E-state index contributed by atoms with van der Waals surface area (Å²) >= 11 is 0. The van der Waals surface area contributed by atoms with Gasteiger partial charge in [0.25, 0.3) is 0 Å². The summed E-state index contributed by atoms with van der Waals surface area (Å²) in [5, 5.41) is 14.1. The molecule has 0 unspecified atom stereocenters. The molecule has 0 bridgehead atoms. The Labute approximate surface area is 114 Å². The van der Waals surface area contributed by atoms with Crippen LogP contribution in [0, 0.1) is 0 Å². The van der Waals surface area contributed by atoms with Gasteiger partial charge in [0.2, 0.25) is 0 Å². The predicted octanol–water partition coefficient (Wildman–Crippen LogP) is 2.59. The number of aliphatic hydroxyl groups is 1. The predicted molar refractivity (Wildman–Crippen MR) is 74.3 cm³/mol. The molecule has 1 saturated heterocycles. The number of fused-ring (bicyclic) bond motifs is 1. The van der Waals surface area contributed by atoms with Crippen LogP contribution in [0.3, 0.4) is 0 Å². The summed E-state index contributed by atoms with van der Waals surface area (Å²) in [6.45, 7) is 10.8. The minimum atomic E-state index is -1.98. The van der Waals surface area contributed by atoms with Crippen LogP contribution in [-0.4, -0.2) is 43.9 Å². The maximum atomic E-state index is 10.3. The van der Waals surface area contributed by atoms with Crippen molar-refractivity contribution in [2.24, 2.45) is 5.11 Å². The fourth-order valence-electron chi connectivity index (χ4n) is 2.26. The molecule has 0 aromatic rings. The van der Waals surface area contributed by atoms with Gasteiger partial charge in [0.05, 0.1) is 18.2 Å². The second-order valence-corrected chi connectivity index (χ2v) is 11.7. The Morgan fingerprint density at radius 3 is 2.58 bits per heavy atom. The van der Waals surface area contributed by atoms with E-state index >= 15 is 0 Å². The molecule has 2 fully saturated rings. The van der Waals surface area contributed by atoms with E-state index in [2.05, 4.69) is 43.9 Å². The summed E-state index contributed by atoms with van der Waals surface area (Å²) in [5.74, 6) is 0. The van der Waals surface area contributed by atoms with Crippen molar-refractivity contribution < 1.29 is 14.3 Å². The molecular formula is C12H23N3O3Si. The third-order valence-corrected chi connectivity index (χ3v) is 9.06. The van der Waals surface area contributed by atoms with Gasteiger partial charge >= 0.3 is 0 Å². The highest BCUT2D eigenvalue weighted by Gasteiger charge is 2.57. The fourth-order valence-corrected chi connectivity index (χ4v) is 3.57. The lowest BCUT2D eigenvalue weighted by Gasteiger charge is -2.41. The molecule has 0 aromatic carbocycles. The van der Waals surface area contributed by atoms with Gasteiger partial charge in [-0.1, -0.05) is 25.9 Å². The lowest BCUT2D eigenvalue weighted by molar-refractivity contribution is -0.00810. The summed E-state index contributed by atoms with van der Waals surface area (Å²) in [6, 6.07) is -0.441. The van der Waals surface area contributed by atoms with Gasteiger partial charge in [0.1, 0.15) is 12.2 Å². The van der Waals surface area contributed by atoms with Gasteiger partial charge in [0.15, 0.2) is 8.32 Å². The SMILES string of the molecule is CC(C)(C)[Si](C)(C)O[C@@H]1[C@@H](O)[C@H](N=[N+]=[N-])C[C@H]2O[C@@H]12. The molecule has 5 atom stereocenters. The molecule has 108 valence electrons. The molecular weight excluding hydrogens is 262 g/mol. The number of azide groups is 1. The molecule has 0 amide bonds. The van der Waals surface area contributed by atoms with Crippen LogP contribution in [-0.2, 0) is 9.16 Å². The Hall–Kier alpha value is -0.593. The van der Waals surface area contributed by atoms with Gasteiger partial charge in [-0.15, -0.1) is 0 Å². The summed E-state index contributed by atoms with van der Waals surface area (Å²) in [4.78, 5) is 2.81. The zero-order valence-corrected chi connectivity index (χ0v) is 13.2. The van der Waals surface area contributed by atoms with Crippen molar-refractivity contribution in [3.63, 3.8) is 0 Å². The summed E-state index contributed by atoms with van der Waals surface area (Å²) in [5.41, 5.74) is 8.56. The van der Waals surface area contributed by atoms with Gasteiger partial charge < -0.3 is 14.3 Å². The van der Waals surface area contributed by atoms with E-state index in [1.807, 2.05) is 0 Å². The van der Waals surface area contributed by atoms with Crippen LogP contribution in [0.15, 0.2) is 5.11 Å². The van der Waals surface area contributed by atoms with Crippen molar-refractivity contribution >= 4 is 8.32 Å². The molecule has 1 aliphatic carbocycles. The van der Waals surface area contributed by atoms with Crippen LogP contribution in [0.1, 0.15) is 27.2 Å². The van der Waals surface area contributed by atoms with Gasteiger partial charge in [-0.25, -0.2) is 0 Å². The van der Waals surface area contributed by atoms with E-state index in [1.165, 1.54) is 0 Å². The van der Waals surface area contributed by atoms with E-state index < -0.39 is 20.5 Å². The first kappa shape index (κ1) is 14.8. The zero-order chi connectivity index (χ0) is 14.4. The molecule has 6 nitrogen and oxygen atoms in total. The van der Waals surface area contributed by atoms with Crippen LogP contribution in [0.2, 0.25) is 18.1 Å². The second-order valence-electron chi connectivity index (χ2n) is 6.98. The first-order chi connectivity index (χ1) is 8.67. The molecule has 1 heterocycles. The molecule has 1 N–H and O–H groups in total. The fraction of sp³-hybridized carbons (Fsp3) is 1.00. The molecule has 7 heteroatoms. The smallest absolute Gasteiger partial charge is 0.192 e. The van der Waals surface area contributed by atoms with Gasteiger partial charge in [-0.2, -0.15) is 0 Å². The molecule has 0 spiro atoms. The third-order valence-electron chi connectivity index (χ3n) is 4.59. The molecule has 1 saturated carbocycles. The van der Waals surface area contributed by atoms with E-state index in [9.17, 15) is 5.11 Å². The number of aliphatic hydroxyl groups excluding tert-OH is 1. The summed E-state index contributed by atoms with van der Waals surface area (Å²) in [6.07, 6.45) is -0.500. The maximum Gasteiger partial charge on any atom is 0.192 e. The Morgan fingerprint density at radius 1 is 1.42 bits per heavy atom. The van der Waals surface area contributed by atoms with E-state index in [0.29, 0.717) is 6.42 Å². The number of rotatable bonds is 3. The lowest BCUT2D eigenvalue weighted by atomic mass is 9.91. The molecule has 1 aliphatic heterocycles. The average Bonchev–Trinajstić information content (AvgIpc) is 3.01. The Balaban J connectivity index is 2.13. The number of epoxide rings is 1. The molecule has 2 rings (SSSR count). The van der Waals surface area contributed by atoms with Gasteiger partial charge in [-0.05, 0) is 30.1 Å². The topological polar surface area (TPSA) is 90.8 Å². The van der Waals surface area contributed by atoms with Crippen LogP contribution >= 0.6 is 0 Å². The van der Waals surface area contributed by atoms with Crippen molar-refractivity contribution in [1.82, 2.24) is 0 Å². The highest BCUT2D eigenvalue weighted by molar-refractivity contribution is 6.74. The first-order valence-corrected chi connectivity index (χ1v) is 9.64. The van der Waals surface area contributed by atoms with E-state index in [0.717, 1.165) is 0 Å².